The highest BCUT2D eigenvalue weighted by Crippen LogP contribution is 2.40. The number of primary amides is 1. The van der Waals surface area contributed by atoms with Crippen molar-refractivity contribution < 1.29 is 9.59 Å². The van der Waals surface area contributed by atoms with Crippen molar-refractivity contribution >= 4 is 23.6 Å². The van der Waals surface area contributed by atoms with E-state index in [9.17, 15) is 9.59 Å². The Morgan fingerprint density at radius 3 is 2.52 bits per heavy atom. The first-order valence-electron chi connectivity index (χ1n) is 8.14. The summed E-state index contributed by atoms with van der Waals surface area (Å²) in [5.74, 6) is 1.09. The molecule has 2 amide bonds. The van der Waals surface area contributed by atoms with E-state index in [4.69, 9.17) is 5.73 Å². The van der Waals surface area contributed by atoms with Crippen LogP contribution in [0.3, 0.4) is 0 Å². The van der Waals surface area contributed by atoms with Crippen LogP contribution < -0.4 is 5.73 Å². The molecule has 1 unspecified atom stereocenters. The van der Waals surface area contributed by atoms with E-state index in [0.29, 0.717) is 30.7 Å². The van der Waals surface area contributed by atoms with Crippen molar-refractivity contribution in [2.45, 2.75) is 62.9 Å². The van der Waals surface area contributed by atoms with Crippen molar-refractivity contribution in [2.24, 2.45) is 5.73 Å². The molecule has 0 aliphatic heterocycles. The maximum atomic E-state index is 12.4. The Morgan fingerprint density at radius 2 is 2.00 bits per heavy atom. The van der Waals surface area contributed by atoms with Crippen molar-refractivity contribution in [2.75, 3.05) is 13.1 Å². The molecule has 1 saturated carbocycles. The van der Waals surface area contributed by atoms with Gasteiger partial charge in [0.05, 0.1) is 5.25 Å². The topological polar surface area (TPSA) is 94.1 Å². The van der Waals surface area contributed by atoms with Gasteiger partial charge in [-0.05, 0) is 33.6 Å². The highest BCUT2D eigenvalue weighted by Gasteiger charge is 2.31. The lowest BCUT2D eigenvalue weighted by molar-refractivity contribution is -0.129. The van der Waals surface area contributed by atoms with E-state index in [-0.39, 0.29) is 23.5 Å². The summed E-state index contributed by atoms with van der Waals surface area (Å²) in [6, 6.07) is 0. The molecule has 1 fully saturated rings. The highest BCUT2D eigenvalue weighted by atomic mass is 32.2. The largest absolute Gasteiger partial charge is 0.370 e. The number of nitrogens with zero attached hydrogens (tertiary/aromatic N) is 4. The molecule has 8 heteroatoms. The van der Waals surface area contributed by atoms with Gasteiger partial charge < -0.3 is 15.2 Å². The number of thioether (sulfide) groups is 1. The summed E-state index contributed by atoms with van der Waals surface area (Å²) < 4.78 is 1.96. The number of hydrogen-bond acceptors (Lipinski definition) is 5. The molecule has 7 nitrogen and oxygen atoms in total. The molecule has 1 atom stereocenters. The Hall–Kier alpha value is -1.57. The van der Waals surface area contributed by atoms with Crippen LogP contribution in [0, 0.1) is 0 Å². The van der Waals surface area contributed by atoms with E-state index in [1.807, 2.05) is 30.2 Å². The minimum Gasteiger partial charge on any atom is -0.370 e. The van der Waals surface area contributed by atoms with Crippen LogP contribution in [-0.2, 0) is 16.1 Å². The number of rotatable bonds is 9. The average Bonchev–Trinajstić information content (AvgIpc) is 3.28. The van der Waals surface area contributed by atoms with Gasteiger partial charge in [0.1, 0.15) is 5.82 Å². The van der Waals surface area contributed by atoms with Crippen LogP contribution in [0.4, 0.5) is 0 Å². The molecular weight excluding hydrogens is 314 g/mol. The molecule has 2 N–H and O–H groups in total. The highest BCUT2D eigenvalue weighted by molar-refractivity contribution is 8.00. The van der Waals surface area contributed by atoms with Crippen LogP contribution >= 0.6 is 11.8 Å². The molecule has 1 heterocycles. The van der Waals surface area contributed by atoms with Crippen molar-refractivity contribution in [3.05, 3.63) is 5.82 Å². The molecule has 0 saturated heterocycles. The van der Waals surface area contributed by atoms with Crippen LogP contribution in [0.5, 0.6) is 0 Å². The van der Waals surface area contributed by atoms with Gasteiger partial charge in [-0.2, -0.15) is 0 Å². The van der Waals surface area contributed by atoms with Gasteiger partial charge in [-0.1, -0.05) is 11.8 Å². The fourth-order valence-corrected chi connectivity index (χ4v) is 3.43. The van der Waals surface area contributed by atoms with Gasteiger partial charge in [0, 0.05) is 32.0 Å². The van der Waals surface area contributed by atoms with Crippen molar-refractivity contribution in [3.63, 3.8) is 0 Å². The molecule has 23 heavy (non-hydrogen) atoms. The van der Waals surface area contributed by atoms with E-state index in [2.05, 4.69) is 10.2 Å². The summed E-state index contributed by atoms with van der Waals surface area (Å²) in [5, 5.41) is 8.97. The minimum absolute atomic E-state index is 0.0948. The fraction of sp³-hybridized carbons (Fsp3) is 0.733. The third kappa shape index (κ3) is 4.46. The maximum Gasteiger partial charge on any atom is 0.235 e. The molecular formula is C15H25N5O2S. The monoisotopic (exact) mass is 339 g/mol. The number of nitrogens with two attached hydrogens (primary N) is 1. The van der Waals surface area contributed by atoms with E-state index >= 15 is 0 Å². The maximum absolute atomic E-state index is 12.4. The van der Waals surface area contributed by atoms with Crippen LogP contribution in [0.25, 0.3) is 0 Å². The summed E-state index contributed by atoms with van der Waals surface area (Å²) in [7, 11) is 0. The number of carbonyl (C=O) groups excluding carboxylic acids is 2. The van der Waals surface area contributed by atoms with Crippen LogP contribution in [0.2, 0.25) is 0 Å². The van der Waals surface area contributed by atoms with Crippen molar-refractivity contribution in [1.29, 1.82) is 0 Å². The van der Waals surface area contributed by atoms with Crippen LogP contribution in [-0.4, -0.2) is 49.8 Å². The summed E-state index contributed by atoms with van der Waals surface area (Å²) >= 11 is 1.40. The second-order valence-electron chi connectivity index (χ2n) is 5.75. The van der Waals surface area contributed by atoms with Gasteiger partial charge in [-0.25, -0.2) is 0 Å². The summed E-state index contributed by atoms with van der Waals surface area (Å²) in [6.45, 7) is 7.69. The zero-order valence-electron chi connectivity index (χ0n) is 14.0. The predicted octanol–water partition coefficient (Wildman–Crippen LogP) is 1.38. The van der Waals surface area contributed by atoms with Crippen LogP contribution in [0.15, 0.2) is 5.16 Å². The molecule has 0 aromatic carbocycles. The lowest BCUT2D eigenvalue weighted by Gasteiger charge is -2.22. The molecule has 0 bridgehead atoms. The van der Waals surface area contributed by atoms with E-state index in [1.54, 1.807) is 0 Å². The lowest BCUT2D eigenvalue weighted by Crippen LogP contribution is -2.36. The molecule has 1 aliphatic rings. The molecule has 128 valence electrons. The number of amides is 2. The van der Waals surface area contributed by atoms with Gasteiger partial charge in [0.25, 0.3) is 0 Å². The Kier molecular flexibility index (Phi) is 6.04. The quantitative estimate of drug-likeness (QED) is 0.686. The Morgan fingerprint density at radius 1 is 1.35 bits per heavy atom. The Labute approximate surface area is 141 Å². The standard InChI is InChI=1S/C15H25N5O2S/c1-4-19(5-2)14(22)10(3)23-15-18-17-13(11-6-7-11)20(15)9-8-12(16)21/h10-11H,4-9H2,1-3H3,(H2,16,21). The predicted molar refractivity (Wildman–Crippen MR) is 89.1 cm³/mol. The summed E-state index contributed by atoms with van der Waals surface area (Å²) in [4.78, 5) is 25.3. The normalized spacial score (nSPS) is 15.4. The van der Waals surface area contributed by atoms with Crippen LogP contribution in [0.1, 0.15) is 51.8 Å². The smallest absolute Gasteiger partial charge is 0.235 e. The van der Waals surface area contributed by atoms with Gasteiger partial charge in [-0.3, -0.25) is 9.59 Å². The second-order valence-corrected chi connectivity index (χ2v) is 7.06. The molecule has 2 rings (SSSR count). The van der Waals surface area contributed by atoms with Gasteiger partial charge >= 0.3 is 0 Å². The van der Waals surface area contributed by atoms with E-state index in [1.165, 1.54) is 11.8 Å². The SMILES string of the molecule is CCN(CC)C(=O)C(C)Sc1nnc(C2CC2)n1CCC(N)=O. The molecule has 1 aromatic rings. The zero-order chi connectivity index (χ0) is 17.0. The number of carbonyl (C=O) groups is 2. The van der Waals surface area contributed by atoms with Crippen molar-refractivity contribution in [3.8, 4) is 0 Å². The van der Waals surface area contributed by atoms with Crippen molar-refractivity contribution in [1.82, 2.24) is 19.7 Å². The Bertz CT molecular complexity index is 566. The third-order valence-corrected chi connectivity index (χ3v) is 5.04. The molecule has 0 spiro atoms. The molecule has 1 aromatic heterocycles. The van der Waals surface area contributed by atoms with Gasteiger partial charge in [-0.15, -0.1) is 10.2 Å². The summed E-state index contributed by atoms with van der Waals surface area (Å²) in [5.41, 5.74) is 5.27. The first-order chi connectivity index (χ1) is 11.0. The summed E-state index contributed by atoms with van der Waals surface area (Å²) in [6.07, 6.45) is 2.46. The Balaban J connectivity index is 2.12. The third-order valence-electron chi connectivity index (χ3n) is 3.97. The average molecular weight is 339 g/mol. The second kappa shape index (κ2) is 7.81. The number of hydrogen-bond donors (Lipinski definition) is 1. The van der Waals surface area contributed by atoms with Gasteiger partial charge in [0.15, 0.2) is 5.16 Å². The zero-order valence-corrected chi connectivity index (χ0v) is 14.8. The van der Waals surface area contributed by atoms with E-state index < -0.39 is 0 Å². The molecule has 1 aliphatic carbocycles. The lowest BCUT2D eigenvalue weighted by atomic mass is 10.3. The van der Waals surface area contributed by atoms with Gasteiger partial charge in [0.2, 0.25) is 11.8 Å². The minimum atomic E-state index is -0.344. The molecule has 0 radical (unpaired) electrons. The first-order valence-corrected chi connectivity index (χ1v) is 9.02. The number of aromatic nitrogens is 3. The van der Waals surface area contributed by atoms with E-state index in [0.717, 1.165) is 18.7 Å². The first kappa shape index (κ1) is 17.8. The fourth-order valence-electron chi connectivity index (χ4n) is 2.46.